The molecule has 33 heavy (non-hydrogen) atoms. The van der Waals surface area contributed by atoms with Crippen LogP contribution in [-0.2, 0) is 10.9 Å². The Kier molecular flexibility index (Phi) is 5.97. The quantitative estimate of drug-likeness (QED) is 0.204. The molecule has 0 unspecified atom stereocenters. The van der Waals surface area contributed by atoms with Gasteiger partial charge in [0.2, 0.25) is 0 Å². The van der Waals surface area contributed by atoms with Crippen molar-refractivity contribution >= 4 is 27.5 Å². The van der Waals surface area contributed by atoms with E-state index in [2.05, 4.69) is 78.9 Å². The number of carbonyl (C=O) groups excluding carboxylic acids is 1. The standard InChI is InChI=1S/C30H23O2S/c1-32-26-17-14-22(15-18-26)30(31)25-13-12-24-21-29(19-16-23(24)20-25)33(27-8-4-2-5-9-27)28-10-6-3-7-11-28/h2-21H,1H3/q+1. The number of ether oxygens (including phenoxy) is 1. The van der Waals surface area contributed by atoms with Gasteiger partial charge < -0.3 is 4.74 Å². The fraction of sp³-hybridized carbons (Fsp3) is 0.0333. The lowest BCUT2D eigenvalue weighted by Gasteiger charge is -2.09. The van der Waals surface area contributed by atoms with Crippen LogP contribution < -0.4 is 4.74 Å². The third kappa shape index (κ3) is 4.41. The minimum absolute atomic E-state index is 0.0111. The van der Waals surface area contributed by atoms with Crippen LogP contribution in [0.15, 0.2) is 136 Å². The SMILES string of the molecule is COc1ccc(C(=O)c2ccc3cc([S+](c4ccccc4)c4ccccc4)ccc3c2)cc1. The molecule has 0 aliphatic carbocycles. The molecule has 0 radical (unpaired) electrons. The average molecular weight is 448 g/mol. The number of carbonyl (C=O) groups is 1. The van der Waals surface area contributed by atoms with Gasteiger partial charge in [0.05, 0.1) is 18.0 Å². The van der Waals surface area contributed by atoms with Crippen LogP contribution in [0, 0.1) is 0 Å². The molecule has 0 amide bonds. The van der Waals surface area contributed by atoms with Gasteiger partial charge in [0, 0.05) is 17.2 Å². The molecule has 0 saturated heterocycles. The van der Waals surface area contributed by atoms with Crippen LogP contribution in [0.5, 0.6) is 5.75 Å². The Morgan fingerprint density at radius 1 is 0.576 bits per heavy atom. The maximum atomic E-state index is 13.0. The second-order valence-corrected chi connectivity index (χ2v) is 9.74. The molecule has 0 aliphatic heterocycles. The van der Waals surface area contributed by atoms with Crippen molar-refractivity contribution in [3.8, 4) is 5.75 Å². The zero-order valence-electron chi connectivity index (χ0n) is 18.3. The molecule has 0 fully saturated rings. The number of hydrogen-bond acceptors (Lipinski definition) is 2. The van der Waals surface area contributed by atoms with E-state index < -0.39 is 0 Å². The summed E-state index contributed by atoms with van der Waals surface area (Å²) in [6.07, 6.45) is 0. The third-order valence-corrected chi connectivity index (χ3v) is 7.83. The molecule has 0 heterocycles. The Morgan fingerprint density at radius 2 is 1.12 bits per heavy atom. The number of rotatable bonds is 6. The molecule has 5 aromatic carbocycles. The van der Waals surface area contributed by atoms with Gasteiger partial charge in [-0.15, -0.1) is 0 Å². The third-order valence-electron chi connectivity index (χ3n) is 5.62. The van der Waals surface area contributed by atoms with E-state index in [1.807, 2.05) is 30.3 Å². The van der Waals surface area contributed by atoms with Crippen LogP contribution in [-0.4, -0.2) is 12.9 Å². The van der Waals surface area contributed by atoms with E-state index in [0.717, 1.165) is 16.5 Å². The summed E-state index contributed by atoms with van der Waals surface area (Å²) < 4.78 is 5.20. The first-order valence-corrected chi connectivity index (χ1v) is 12.0. The van der Waals surface area contributed by atoms with Crippen LogP contribution in [0.3, 0.4) is 0 Å². The number of hydrogen-bond donors (Lipinski definition) is 0. The van der Waals surface area contributed by atoms with Gasteiger partial charge in [0.1, 0.15) is 5.75 Å². The second-order valence-electron chi connectivity index (χ2n) is 7.71. The Hall–Kier alpha value is -3.82. The van der Waals surface area contributed by atoms with E-state index in [4.69, 9.17) is 4.74 Å². The molecular weight excluding hydrogens is 424 g/mol. The van der Waals surface area contributed by atoms with Crippen molar-refractivity contribution in [2.24, 2.45) is 0 Å². The molecule has 5 rings (SSSR count). The lowest BCUT2D eigenvalue weighted by molar-refractivity contribution is 0.103. The molecule has 0 aromatic heterocycles. The summed E-state index contributed by atoms with van der Waals surface area (Å²) in [5.41, 5.74) is 1.34. The van der Waals surface area contributed by atoms with Crippen molar-refractivity contribution in [1.29, 1.82) is 0 Å². The van der Waals surface area contributed by atoms with Crippen LogP contribution in [0.25, 0.3) is 10.8 Å². The Morgan fingerprint density at radius 3 is 1.73 bits per heavy atom. The lowest BCUT2D eigenvalue weighted by Crippen LogP contribution is -2.05. The van der Waals surface area contributed by atoms with Crippen molar-refractivity contribution in [1.82, 2.24) is 0 Å². The summed E-state index contributed by atoms with van der Waals surface area (Å²) in [6, 6.07) is 41.0. The summed E-state index contributed by atoms with van der Waals surface area (Å²) in [7, 11) is 1.42. The smallest absolute Gasteiger partial charge is 0.193 e. The van der Waals surface area contributed by atoms with Gasteiger partial charge in [0.25, 0.3) is 0 Å². The lowest BCUT2D eigenvalue weighted by atomic mass is 10.00. The molecule has 0 bridgehead atoms. The van der Waals surface area contributed by atoms with Gasteiger partial charge in [-0.25, -0.2) is 0 Å². The molecule has 0 spiro atoms. The summed E-state index contributed by atoms with van der Waals surface area (Å²) in [5.74, 6) is 0.752. The first-order valence-electron chi connectivity index (χ1n) is 10.8. The van der Waals surface area contributed by atoms with Crippen molar-refractivity contribution in [2.45, 2.75) is 14.7 Å². The van der Waals surface area contributed by atoms with E-state index in [1.165, 1.54) is 14.7 Å². The summed E-state index contributed by atoms with van der Waals surface area (Å²) in [4.78, 5) is 16.8. The van der Waals surface area contributed by atoms with E-state index in [-0.39, 0.29) is 16.7 Å². The van der Waals surface area contributed by atoms with Crippen molar-refractivity contribution in [3.63, 3.8) is 0 Å². The van der Waals surface area contributed by atoms with Gasteiger partial charge in [-0.05, 0) is 77.5 Å². The number of ketones is 1. The Labute approximate surface area is 196 Å². The second kappa shape index (κ2) is 9.35. The van der Waals surface area contributed by atoms with Gasteiger partial charge in [-0.2, -0.15) is 0 Å². The van der Waals surface area contributed by atoms with E-state index in [0.29, 0.717) is 11.1 Å². The molecular formula is C30H23O2S+. The van der Waals surface area contributed by atoms with Crippen molar-refractivity contribution in [3.05, 3.63) is 132 Å². The highest BCUT2D eigenvalue weighted by Crippen LogP contribution is 2.33. The molecule has 5 aromatic rings. The zero-order chi connectivity index (χ0) is 22.6. The zero-order valence-corrected chi connectivity index (χ0v) is 19.1. The molecule has 2 nitrogen and oxygen atoms in total. The molecule has 0 aliphatic rings. The van der Waals surface area contributed by atoms with Crippen molar-refractivity contribution < 1.29 is 9.53 Å². The molecule has 0 atom stereocenters. The van der Waals surface area contributed by atoms with Crippen LogP contribution in [0.1, 0.15) is 15.9 Å². The number of benzene rings is 5. The summed E-state index contributed by atoms with van der Waals surface area (Å²) >= 11 is 0. The van der Waals surface area contributed by atoms with Gasteiger partial charge in [-0.1, -0.05) is 48.5 Å². The van der Waals surface area contributed by atoms with Crippen LogP contribution >= 0.6 is 0 Å². The highest BCUT2D eigenvalue weighted by atomic mass is 32.2. The van der Waals surface area contributed by atoms with E-state index in [9.17, 15) is 4.79 Å². The number of methoxy groups -OCH3 is 1. The van der Waals surface area contributed by atoms with Crippen LogP contribution in [0.2, 0.25) is 0 Å². The first-order chi connectivity index (χ1) is 16.2. The van der Waals surface area contributed by atoms with E-state index >= 15 is 0 Å². The van der Waals surface area contributed by atoms with Gasteiger partial charge in [-0.3, -0.25) is 4.79 Å². The van der Waals surface area contributed by atoms with Gasteiger partial charge >= 0.3 is 0 Å². The van der Waals surface area contributed by atoms with Crippen LogP contribution in [0.4, 0.5) is 0 Å². The normalized spacial score (nSPS) is 11.0. The number of fused-ring (bicyclic) bond motifs is 1. The molecule has 3 heteroatoms. The van der Waals surface area contributed by atoms with Gasteiger partial charge in [0.15, 0.2) is 20.5 Å². The minimum Gasteiger partial charge on any atom is -0.497 e. The minimum atomic E-state index is -0.197. The Balaban J connectivity index is 1.52. The maximum absolute atomic E-state index is 13.0. The maximum Gasteiger partial charge on any atom is 0.193 e. The molecule has 0 N–H and O–H groups in total. The van der Waals surface area contributed by atoms with E-state index in [1.54, 1.807) is 19.2 Å². The topological polar surface area (TPSA) is 26.3 Å². The first kappa shape index (κ1) is 21.0. The highest BCUT2D eigenvalue weighted by molar-refractivity contribution is 7.97. The largest absolute Gasteiger partial charge is 0.497 e. The fourth-order valence-electron chi connectivity index (χ4n) is 3.92. The fourth-order valence-corrected chi connectivity index (χ4v) is 6.05. The van der Waals surface area contributed by atoms with Crippen molar-refractivity contribution in [2.75, 3.05) is 7.11 Å². The summed E-state index contributed by atoms with van der Waals surface area (Å²) in [6.45, 7) is 0. The molecule has 0 saturated carbocycles. The summed E-state index contributed by atoms with van der Waals surface area (Å²) in [5, 5.41) is 2.19. The average Bonchev–Trinajstić information content (AvgIpc) is 2.89. The Bertz CT molecular complexity index is 1350. The predicted octanol–water partition coefficient (Wildman–Crippen LogP) is 7.17. The monoisotopic (exact) mass is 447 g/mol. The molecule has 160 valence electrons. The highest BCUT2D eigenvalue weighted by Gasteiger charge is 2.28. The predicted molar refractivity (Wildman–Crippen MR) is 135 cm³/mol.